The Morgan fingerprint density at radius 3 is 3.21 bits per heavy atom. The molecule has 0 radical (unpaired) electrons. The Morgan fingerprint density at radius 2 is 2.42 bits per heavy atom. The van der Waals surface area contributed by atoms with Gasteiger partial charge >= 0.3 is 0 Å². The van der Waals surface area contributed by atoms with Crippen molar-refractivity contribution in [3.63, 3.8) is 0 Å². The van der Waals surface area contributed by atoms with E-state index in [1.807, 2.05) is 11.3 Å². The Morgan fingerprint density at radius 1 is 1.58 bits per heavy atom. The van der Waals surface area contributed by atoms with Crippen LogP contribution in [0.2, 0.25) is 0 Å². The molecule has 102 valence electrons. The number of thiophene rings is 1. The fourth-order valence-corrected chi connectivity index (χ4v) is 4.29. The van der Waals surface area contributed by atoms with Gasteiger partial charge in [0.25, 0.3) is 0 Å². The van der Waals surface area contributed by atoms with Gasteiger partial charge in [0.15, 0.2) is 10.6 Å². The first-order chi connectivity index (χ1) is 9.20. The molecule has 0 aliphatic heterocycles. The molecule has 3 nitrogen and oxygen atoms in total. The van der Waals surface area contributed by atoms with Gasteiger partial charge in [0, 0.05) is 22.4 Å². The molecule has 0 saturated carbocycles. The summed E-state index contributed by atoms with van der Waals surface area (Å²) in [6.07, 6.45) is 4.76. The number of hydrogen-bond donors (Lipinski definition) is 1. The van der Waals surface area contributed by atoms with Crippen LogP contribution in [0, 0.1) is 10.7 Å². The van der Waals surface area contributed by atoms with Crippen LogP contribution in [0.4, 0.5) is 0 Å². The molecule has 2 aromatic heterocycles. The van der Waals surface area contributed by atoms with Crippen molar-refractivity contribution in [3.05, 3.63) is 20.6 Å². The number of nitrogens with one attached hydrogen (secondary N) is 1. The Bertz CT molecular complexity index is 635. The van der Waals surface area contributed by atoms with Crippen molar-refractivity contribution in [3.8, 4) is 11.4 Å². The van der Waals surface area contributed by atoms with Crippen LogP contribution in [0.25, 0.3) is 11.4 Å². The number of rotatable bonds is 3. The van der Waals surface area contributed by atoms with Crippen LogP contribution in [0.3, 0.4) is 0 Å². The van der Waals surface area contributed by atoms with Gasteiger partial charge in [-0.15, -0.1) is 11.3 Å². The minimum absolute atomic E-state index is 0.737. The molecular formula is C14H19N3S2. The highest BCUT2D eigenvalue weighted by molar-refractivity contribution is 7.71. The predicted octanol–water partition coefficient (Wildman–Crippen LogP) is 4.20. The number of H-pyrrole nitrogens is 1. The third kappa shape index (κ3) is 2.30. The highest BCUT2D eigenvalue weighted by Crippen LogP contribution is 2.37. The standard InChI is InChI=1S/C14H19N3S2/c1-3-6-17-13(15-16-14(17)18)11-8-19-12-7-9(2)4-5-10(11)12/h8-9H,3-7H2,1-2H3,(H,16,18)/t9-/m0/s1. The lowest BCUT2D eigenvalue weighted by Gasteiger charge is -2.19. The van der Waals surface area contributed by atoms with E-state index < -0.39 is 0 Å². The second-order valence-electron chi connectivity index (χ2n) is 5.40. The second-order valence-corrected chi connectivity index (χ2v) is 6.75. The molecule has 5 heteroatoms. The maximum Gasteiger partial charge on any atom is 0.195 e. The molecule has 19 heavy (non-hydrogen) atoms. The zero-order valence-corrected chi connectivity index (χ0v) is 13.0. The molecule has 0 amide bonds. The number of aromatic nitrogens is 3. The summed E-state index contributed by atoms with van der Waals surface area (Å²) < 4.78 is 2.87. The van der Waals surface area contributed by atoms with Crippen molar-refractivity contribution >= 4 is 23.6 Å². The average Bonchev–Trinajstić information content (AvgIpc) is 2.94. The van der Waals surface area contributed by atoms with Gasteiger partial charge in [0.2, 0.25) is 0 Å². The SMILES string of the molecule is CCCn1c(-c2csc3c2CC[C@H](C)C3)n[nH]c1=S. The van der Waals surface area contributed by atoms with Gasteiger partial charge < -0.3 is 4.57 Å². The number of hydrogen-bond acceptors (Lipinski definition) is 3. The maximum absolute atomic E-state index is 5.33. The normalized spacial score (nSPS) is 18.5. The Kier molecular flexibility index (Phi) is 3.58. The fourth-order valence-electron chi connectivity index (χ4n) is 2.82. The quantitative estimate of drug-likeness (QED) is 0.860. The first-order valence-electron chi connectivity index (χ1n) is 6.95. The van der Waals surface area contributed by atoms with E-state index in [2.05, 4.69) is 34.0 Å². The average molecular weight is 293 g/mol. The summed E-state index contributed by atoms with van der Waals surface area (Å²) in [6.45, 7) is 5.45. The van der Waals surface area contributed by atoms with E-state index in [4.69, 9.17) is 12.2 Å². The van der Waals surface area contributed by atoms with E-state index in [0.717, 1.165) is 29.5 Å². The van der Waals surface area contributed by atoms with Crippen LogP contribution in [-0.4, -0.2) is 14.8 Å². The van der Waals surface area contributed by atoms with Crippen molar-refractivity contribution in [2.24, 2.45) is 5.92 Å². The summed E-state index contributed by atoms with van der Waals surface area (Å²) >= 11 is 7.22. The summed E-state index contributed by atoms with van der Waals surface area (Å²) in [5.41, 5.74) is 2.81. The molecule has 3 rings (SSSR count). The van der Waals surface area contributed by atoms with Gasteiger partial charge in [-0.25, -0.2) is 0 Å². The fraction of sp³-hybridized carbons (Fsp3) is 0.571. The van der Waals surface area contributed by atoms with Gasteiger partial charge in [-0.3, -0.25) is 5.10 Å². The van der Waals surface area contributed by atoms with Crippen molar-refractivity contribution in [2.75, 3.05) is 0 Å². The van der Waals surface area contributed by atoms with Gasteiger partial charge in [0.05, 0.1) is 0 Å². The molecule has 2 aromatic rings. The third-order valence-electron chi connectivity index (χ3n) is 3.85. The summed E-state index contributed by atoms with van der Waals surface area (Å²) in [4.78, 5) is 1.55. The molecule has 1 aliphatic carbocycles. The van der Waals surface area contributed by atoms with Gasteiger partial charge in [-0.1, -0.05) is 13.8 Å². The van der Waals surface area contributed by atoms with Gasteiger partial charge in [0.1, 0.15) is 0 Å². The zero-order chi connectivity index (χ0) is 13.4. The number of nitrogens with zero attached hydrogens (tertiary/aromatic N) is 2. The highest BCUT2D eigenvalue weighted by atomic mass is 32.1. The van der Waals surface area contributed by atoms with Crippen LogP contribution in [-0.2, 0) is 19.4 Å². The maximum atomic E-state index is 5.33. The van der Waals surface area contributed by atoms with E-state index in [-0.39, 0.29) is 0 Å². The van der Waals surface area contributed by atoms with Crippen molar-refractivity contribution < 1.29 is 0 Å². The zero-order valence-electron chi connectivity index (χ0n) is 11.4. The minimum Gasteiger partial charge on any atom is -0.300 e. The second kappa shape index (κ2) is 5.21. The van der Waals surface area contributed by atoms with Crippen molar-refractivity contribution in [2.45, 2.75) is 46.1 Å². The molecule has 0 fully saturated rings. The molecular weight excluding hydrogens is 274 g/mol. The Labute approximate surface area is 122 Å². The molecule has 0 aromatic carbocycles. The summed E-state index contributed by atoms with van der Waals surface area (Å²) in [7, 11) is 0. The third-order valence-corrected chi connectivity index (χ3v) is 5.21. The van der Waals surface area contributed by atoms with Crippen LogP contribution >= 0.6 is 23.6 Å². The molecule has 2 heterocycles. The Balaban J connectivity index is 2.06. The van der Waals surface area contributed by atoms with E-state index in [9.17, 15) is 0 Å². The molecule has 1 aliphatic rings. The van der Waals surface area contributed by atoms with E-state index in [1.54, 1.807) is 4.88 Å². The first kappa shape index (κ1) is 13.1. The minimum atomic E-state index is 0.737. The van der Waals surface area contributed by atoms with Crippen LogP contribution in [0.15, 0.2) is 5.38 Å². The van der Waals surface area contributed by atoms with E-state index in [1.165, 1.54) is 30.4 Å². The molecule has 0 spiro atoms. The molecule has 0 bridgehead atoms. The number of aromatic amines is 1. The topological polar surface area (TPSA) is 33.6 Å². The lowest BCUT2D eigenvalue weighted by molar-refractivity contribution is 0.508. The molecule has 1 atom stereocenters. The van der Waals surface area contributed by atoms with Gasteiger partial charge in [-0.05, 0) is 49.4 Å². The summed E-state index contributed by atoms with van der Waals surface area (Å²) in [5.74, 6) is 1.84. The monoisotopic (exact) mass is 293 g/mol. The molecule has 0 unspecified atom stereocenters. The van der Waals surface area contributed by atoms with Crippen LogP contribution in [0.1, 0.15) is 37.1 Å². The van der Waals surface area contributed by atoms with Crippen molar-refractivity contribution in [1.29, 1.82) is 0 Å². The summed E-state index contributed by atoms with van der Waals surface area (Å²) in [5, 5.41) is 9.67. The lowest BCUT2D eigenvalue weighted by Crippen LogP contribution is -2.10. The van der Waals surface area contributed by atoms with Gasteiger partial charge in [-0.2, -0.15) is 5.10 Å². The van der Waals surface area contributed by atoms with E-state index >= 15 is 0 Å². The largest absolute Gasteiger partial charge is 0.300 e. The molecule has 0 saturated heterocycles. The highest BCUT2D eigenvalue weighted by Gasteiger charge is 2.22. The lowest BCUT2D eigenvalue weighted by atomic mass is 9.88. The van der Waals surface area contributed by atoms with Crippen LogP contribution < -0.4 is 0 Å². The first-order valence-corrected chi connectivity index (χ1v) is 8.24. The Hall–Kier alpha value is -0.940. The van der Waals surface area contributed by atoms with E-state index in [0.29, 0.717) is 0 Å². The van der Waals surface area contributed by atoms with Crippen LogP contribution in [0.5, 0.6) is 0 Å². The number of fused-ring (bicyclic) bond motifs is 1. The smallest absolute Gasteiger partial charge is 0.195 e. The van der Waals surface area contributed by atoms with Crippen molar-refractivity contribution in [1.82, 2.24) is 14.8 Å². The predicted molar refractivity (Wildman–Crippen MR) is 82.2 cm³/mol. The molecule has 1 N–H and O–H groups in total. The summed E-state index contributed by atoms with van der Waals surface area (Å²) in [6, 6.07) is 0.